The Morgan fingerprint density at radius 2 is 1.93 bits per heavy atom. The van der Waals surface area contributed by atoms with E-state index in [0.717, 1.165) is 0 Å². The quantitative estimate of drug-likeness (QED) is 0.639. The van der Waals surface area contributed by atoms with Crippen molar-refractivity contribution >= 4 is 35.2 Å². The molecule has 1 aromatic carbocycles. The Morgan fingerprint density at radius 3 is 2.52 bits per heavy atom. The van der Waals surface area contributed by atoms with Crippen LogP contribution in [0.4, 0.5) is 0 Å². The van der Waals surface area contributed by atoms with Gasteiger partial charge in [-0.15, -0.1) is 0 Å². The van der Waals surface area contributed by atoms with Crippen LogP contribution in [0.15, 0.2) is 40.5 Å². The van der Waals surface area contributed by atoms with Gasteiger partial charge in [-0.05, 0) is 25.5 Å². The van der Waals surface area contributed by atoms with Crippen molar-refractivity contribution < 1.29 is 33.7 Å². The summed E-state index contributed by atoms with van der Waals surface area (Å²) in [5.41, 5.74) is 1.19. The lowest BCUT2D eigenvalue weighted by atomic mass is 9.75. The van der Waals surface area contributed by atoms with Gasteiger partial charge >= 0.3 is 17.9 Å². The van der Waals surface area contributed by atoms with Crippen LogP contribution in [-0.4, -0.2) is 55.7 Å². The molecule has 0 saturated heterocycles. The molecule has 2 atom stereocenters. The van der Waals surface area contributed by atoms with Crippen LogP contribution in [0, 0.1) is 5.92 Å². The Hall–Kier alpha value is -2.71. The molecule has 0 saturated carbocycles. The highest BCUT2D eigenvalue weighted by molar-refractivity contribution is 6.31. The summed E-state index contributed by atoms with van der Waals surface area (Å²) >= 11 is 6.38. The predicted molar refractivity (Wildman–Crippen MR) is 105 cm³/mol. The maximum absolute atomic E-state index is 12.8. The van der Waals surface area contributed by atoms with Crippen LogP contribution < -0.4 is 0 Å². The van der Waals surface area contributed by atoms with Crippen LogP contribution in [0.25, 0.3) is 0 Å². The highest BCUT2D eigenvalue weighted by Crippen LogP contribution is 2.42. The average molecular weight is 424 g/mol. The van der Waals surface area contributed by atoms with Crippen molar-refractivity contribution in [3.63, 3.8) is 0 Å². The van der Waals surface area contributed by atoms with Crippen LogP contribution in [0.5, 0.6) is 0 Å². The van der Waals surface area contributed by atoms with Crippen molar-refractivity contribution in [1.29, 1.82) is 0 Å². The maximum atomic E-state index is 12.8. The van der Waals surface area contributed by atoms with Gasteiger partial charge in [-0.25, -0.2) is 9.59 Å². The lowest BCUT2D eigenvalue weighted by Gasteiger charge is -2.32. The lowest BCUT2D eigenvalue weighted by molar-refractivity contribution is -0.144. The standard InChI is InChI=1S/C20H22ClNO7/c1-4-29-20(26)18-14(9-28-10-15(23)24)22-11(2)16(19(25)27-3)17(18)12-7-5-6-8-13(12)21/h5-8,16-17H,4,9-10H2,1-3H3,(H,23,24). The topological polar surface area (TPSA) is 111 Å². The molecule has 156 valence electrons. The summed E-state index contributed by atoms with van der Waals surface area (Å²) in [6.45, 7) is 2.58. The number of benzene rings is 1. The van der Waals surface area contributed by atoms with Gasteiger partial charge in [-0.2, -0.15) is 0 Å². The number of aliphatic imine (C=N–C) groups is 1. The molecule has 0 fully saturated rings. The maximum Gasteiger partial charge on any atom is 0.336 e. The van der Waals surface area contributed by atoms with E-state index >= 15 is 0 Å². The normalized spacial score (nSPS) is 18.8. The zero-order chi connectivity index (χ0) is 21.6. The first-order valence-electron chi connectivity index (χ1n) is 8.88. The molecule has 1 N–H and O–H groups in total. The number of carbonyl (C=O) groups excluding carboxylic acids is 2. The molecule has 0 radical (unpaired) electrons. The molecule has 1 heterocycles. The molecule has 0 spiro atoms. The van der Waals surface area contributed by atoms with E-state index in [1.807, 2.05) is 0 Å². The summed E-state index contributed by atoms with van der Waals surface area (Å²) in [7, 11) is 1.25. The minimum atomic E-state index is -1.16. The molecule has 0 aromatic heterocycles. The number of methoxy groups -OCH3 is 1. The van der Waals surface area contributed by atoms with Gasteiger partial charge in [0.25, 0.3) is 0 Å². The molecule has 0 aliphatic carbocycles. The van der Waals surface area contributed by atoms with E-state index in [1.54, 1.807) is 38.1 Å². The lowest BCUT2D eigenvalue weighted by Crippen LogP contribution is -2.37. The Morgan fingerprint density at radius 1 is 1.24 bits per heavy atom. The third-order valence-electron chi connectivity index (χ3n) is 4.37. The summed E-state index contributed by atoms with van der Waals surface area (Å²) in [5, 5.41) is 9.18. The number of carbonyl (C=O) groups is 3. The van der Waals surface area contributed by atoms with Crippen molar-refractivity contribution in [2.75, 3.05) is 26.9 Å². The summed E-state index contributed by atoms with van der Waals surface area (Å²) < 4.78 is 15.3. The zero-order valence-electron chi connectivity index (χ0n) is 16.3. The molecule has 0 bridgehead atoms. The van der Waals surface area contributed by atoms with Crippen molar-refractivity contribution in [3.8, 4) is 0 Å². The second-order valence-electron chi connectivity index (χ2n) is 6.22. The van der Waals surface area contributed by atoms with Gasteiger partial charge in [0.2, 0.25) is 0 Å². The summed E-state index contributed by atoms with van der Waals surface area (Å²) in [6, 6.07) is 6.82. The second-order valence-corrected chi connectivity index (χ2v) is 6.63. The van der Waals surface area contributed by atoms with Gasteiger partial charge in [0.05, 0.1) is 31.6 Å². The van der Waals surface area contributed by atoms with Crippen molar-refractivity contribution in [2.45, 2.75) is 19.8 Å². The van der Waals surface area contributed by atoms with E-state index in [0.29, 0.717) is 16.3 Å². The molecular formula is C20H22ClNO7. The first kappa shape index (κ1) is 22.6. The summed E-state index contributed by atoms with van der Waals surface area (Å²) in [5.74, 6) is -4.14. The fraction of sp³-hybridized carbons (Fsp3) is 0.400. The van der Waals surface area contributed by atoms with Crippen LogP contribution in [-0.2, 0) is 28.6 Å². The number of nitrogens with zero attached hydrogens (tertiary/aromatic N) is 1. The third kappa shape index (κ3) is 5.21. The molecule has 8 nitrogen and oxygen atoms in total. The minimum absolute atomic E-state index is 0.0892. The predicted octanol–water partition coefficient (Wildman–Crippen LogP) is 2.61. The Bertz CT molecular complexity index is 862. The first-order chi connectivity index (χ1) is 13.8. The number of carboxylic acid groups (broad SMARTS) is 1. The van der Waals surface area contributed by atoms with E-state index in [2.05, 4.69) is 4.99 Å². The van der Waals surface area contributed by atoms with E-state index in [9.17, 15) is 14.4 Å². The van der Waals surface area contributed by atoms with Gasteiger partial charge in [0.1, 0.15) is 12.5 Å². The fourth-order valence-electron chi connectivity index (χ4n) is 3.22. The Kier molecular flexibility index (Phi) is 7.92. The molecule has 29 heavy (non-hydrogen) atoms. The molecule has 2 unspecified atom stereocenters. The smallest absolute Gasteiger partial charge is 0.336 e. The molecular weight excluding hydrogens is 402 g/mol. The zero-order valence-corrected chi connectivity index (χ0v) is 17.1. The van der Waals surface area contributed by atoms with Gasteiger partial charge in [-0.3, -0.25) is 9.79 Å². The van der Waals surface area contributed by atoms with Gasteiger partial charge < -0.3 is 19.3 Å². The van der Waals surface area contributed by atoms with E-state index in [4.69, 9.17) is 30.9 Å². The number of halogens is 1. The second kappa shape index (κ2) is 10.2. The van der Waals surface area contributed by atoms with E-state index in [1.165, 1.54) is 7.11 Å². The van der Waals surface area contributed by atoms with Crippen molar-refractivity contribution in [1.82, 2.24) is 0 Å². The van der Waals surface area contributed by atoms with Crippen molar-refractivity contribution in [3.05, 3.63) is 46.1 Å². The molecule has 0 amide bonds. The Balaban J connectivity index is 2.66. The number of ether oxygens (including phenoxy) is 3. The Labute approximate surface area is 173 Å². The van der Waals surface area contributed by atoms with E-state index < -0.39 is 36.4 Å². The molecule has 2 rings (SSSR count). The largest absolute Gasteiger partial charge is 0.480 e. The molecule has 1 aromatic rings. The van der Waals surface area contributed by atoms with Gasteiger partial charge in [-0.1, -0.05) is 29.8 Å². The van der Waals surface area contributed by atoms with E-state index in [-0.39, 0.29) is 24.5 Å². The number of hydrogen-bond acceptors (Lipinski definition) is 7. The first-order valence-corrected chi connectivity index (χ1v) is 9.26. The highest BCUT2D eigenvalue weighted by Gasteiger charge is 2.43. The van der Waals surface area contributed by atoms with Gasteiger partial charge in [0.15, 0.2) is 0 Å². The number of hydrogen-bond donors (Lipinski definition) is 1. The van der Waals surface area contributed by atoms with Crippen LogP contribution in [0.2, 0.25) is 5.02 Å². The summed E-state index contributed by atoms with van der Waals surface area (Å²) in [4.78, 5) is 40.6. The van der Waals surface area contributed by atoms with Crippen LogP contribution >= 0.6 is 11.6 Å². The molecule has 9 heteroatoms. The monoisotopic (exact) mass is 423 g/mol. The number of esters is 2. The minimum Gasteiger partial charge on any atom is -0.480 e. The highest BCUT2D eigenvalue weighted by atomic mass is 35.5. The third-order valence-corrected chi connectivity index (χ3v) is 4.72. The van der Waals surface area contributed by atoms with Crippen molar-refractivity contribution in [2.24, 2.45) is 10.9 Å². The number of aliphatic carboxylic acids is 1. The van der Waals surface area contributed by atoms with Crippen LogP contribution in [0.3, 0.4) is 0 Å². The molecule has 1 aliphatic heterocycles. The van der Waals surface area contributed by atoms with Crippen LogP contribution in [0.1, 0.15) is 25.3 Å². The SMILES string of the molecule is CCOC(=O)C1=C(COCC(=O)O)N=C(C)C(C(=O)OC)C1c1ccccc1Cl. The number of rotatable bonds is 8. The fourth-order valence-corrected chi connectivity index (χ4v) is 3.48. The summed E-state index contributed by atoms with van der Waals surface area (Å²) in [6.07, 6.45) is 0. The van der Waals surface area contributed by atoms with Gasteiger partial charge in [0, 0.05) is 16.7 Å². The molecule has 1 aliphatic rings. The number of carboxylic acids is 1. The average Bonchev–Trinajstić information content (AvgIpc) is 2.67.